The maximum absolute atomic E-state index is 6.03. The van der Waals surface area contributed by atoms with E-state index in [2.05, 4.69) is 38.7 Å². The first-order valence-electron chi connectivity index (χ1n) is 7.62. The summed E-state index contributed by atoms with van der Waals surface area (Å²) in [6, 6.07) is 6.76. The van der Waals surface area contributed by atoms with Gasteiger partial charge < -0.3 is 9.30 Å². The molecule has 2 unspecified atom stereocenters. The average Bonchev–Trinajstić information content (AvgIpc) is 3.09. The van der Waals surface area contributed by atoms with Crippen molar-refractivity contribution >= 4 is 38.6 Å². The molecule has 2 aliphatic rings. The summed E-state index contributed by atoms with van der Waals surface area (Å²) in [6.45, 7) is 0.863. The van der Waals surface area contributed by atoms with E-state index in [-0.39, 0.29) is 0 Å². The van der Waals surface area contributed by atoms with Gasteiger partial charge in [-0.2, -0.15) is 0 Å². The standard InChI is InChI=1S/C16H18BrClN2O/c17-11-3-4-13-12(9-11)19-15(5-7-18)20(13)14-6-8-21-16(14)10-1-2-10/h3-4,9-10,14,16H,1-2,5-8H2. The van der Waals surface area contributed by atoms with Crippen LogP contribution in [0.4, 0.5) is 0 Å². The molecule has 4 rings (SSSR count). The Morgan fingerprint density at radius 1 is 1.33 bits per heavy atom. The van der Waals surface area contributed by atoms with Crippen LogP contribution in [0.2, 0.25) is 0 Å². The van der Waals surface area contributed by atoms with Gasteiger partial charge in [-0.15, -0.1) is 11.6 Å². The molecule has 1 aliphatic carbocycles. The van der Waals surface area contributed by atoms with Gasteiger partial charge >= 0.3 is 0 Å². The Bertz CT molecular complexity index is 668. The van der Waals surface area contributed by atoms with Crippen molar-refractivity contribution in [1.82, 2.24) is 9.55 Å². The molecule has 0 bridgehead atoms. The first-order chi connectivity index (χ1) is 10.3. The fraction of sp³-hybridized carbons (Fsp3) is 0.562. The van der Waals surface area contributed by atoms with Crippen LogP contribution in [-0.4, -0.2) is 28.1 Å². The van der Waals surface area contributed by atoms with Gasteiger partial charge in [-0.05, 0) is 43.4 Å². The summed E-state index contributed by atoms with van der Waals surface area (Å²) in [5.74, 6) is 2.44. The topological polar surface area (TPSA) is 27.1 Å². The van der Waals surface area contributed by atoms with E-state index in [9.17, 15) is 0 Å². The molecule has 112 valence electrons. The van der Waals surface area contributed by atoms with Crippen LogP contribution in [0.15, 0.2) is 22.7 Å². The van der Waals surface area contributed by atoms with E-state index in [1.165, 1.54) is 18.4 Å². The summed E-state index contributed by atoms with van der Waals surface area (Å²) in [5.41, 5.74) is 2.26. The summed E-state index contributed by atoms with van der Waals surface area (Å²) in [4.78, 5) is 4.81. The second-order valence-electron chi connectivity index (χ2n) is 6.00. The summed E-state index contributed by atoms with van der Waals surface area (Å²) in [7, 11) is 0. The van der Waals surface area contributed by atoms with E-state index in [0.29, 0.717) is 18.0 Å². The first-order valence-corrected chi connectivity index (χ1v) is 8.94. The number of rotatable bonds is 4. The number of hydrogen-bond donors (Lipinski definition) is 0. The van der Waals surface area contributed by atoms with Crippen LogP contribution in [0.3, 0.4) is 0 Å². The molecule has 1 saturated heterocycles. The van der Waals surface area contributed by atoms with Crippen LogP contribution in [-0.2, 0) is 11.2 Å². The summed E-state index contributed by atoms with van der Waals surface area (Å²) >= 11 is 9.52. The Kier molecular flexibility index (Phi) is 3.72. The minimum Gasteiger partial charge on any atom is -0.376 e. The van der Waals surface area contributed by atoms with Crippen LogP contribution in [0.25, 0.3) is 11.0 Å². The predicted octanol–water partition coefficient (Wildman–Crippen LogP) is 4.32. The highest BCUT2D eigenvalue weighted by Crippen LogP contribution is 2.44. The lowest BCUT2D eigenvalue weighted by atomic mass is 10.1. The van der Waals surface area contributed by atoms with E-state index >= 15 is 0 Å². The molecule has 21 heavy (non-hydrogen) atoms. The Morgan fingerprint density at radius 3 is 2.95 bits per heavy atom. The quantitative estimate of drug-likeness (QED) is 0.751. The number of benzene rings is 1. The number of nitrogens with zero attached hydrogens (tertiary/aromatic N) is 2. The van der Waals surface area contributed by atoms with Crippen molar-refractivity contribution in [3.05, 3.63) is 28.5 Å². The van der Waals surface area contributed by atoms with Gasteiger partial charge in [0.15, 0.2) is 0 Å². The number of ether oxygens (including phenoxy) is 1. The monoisotopic (exact) mass is 368 g/mol. The lowest BCUT2D eigenvalue weighted by Gasteiger charge is -2.22. The van der Waals surface area contributed by atoms with Crippen molar-refractivity contribution in [2.75, 3.05) is 12.5 Å². The van der Waals surface area contributed by atoms with Gasteiger partial charge in [-0.25, -0.2) is 4.98 Å². The molecule has 3 nitrogen and oxygen atoms in total. The van der Waals surface area contributed by atoms with Crippen LogP contribution >= 0.6 is 27.5 Å². The molecule has 1 saturated carbocycles. The normalized spacial score (nSPS) is 25.8. The summed E-state index contributed by atoms with van der Waals surface area (Å²) in [5, 5.41) is 0. The van der Waals surface area contributed by atoms with Gasteiger partial charge in [0.1, 0.15) is 5.82 Å². The van der Waals surface area contributed by atoms with E-state index in [4.69, 9.17) is 21.3 Å². The number of fused-ring (bicyclic) bond motifs is 1. The van der Waals surface area contributed by atoms with Gasteiger partial charge in [0.05, 0.1) is 23.2 Å². The lowest BCUT2D eigenvalue weighted by Crippen LogP contribution is -2.23. The second-order valence-corrected chi connectivity index (χ2v) is 7.29. The molecule has 2 aromatic rings. The highest BCUT2D eigenvalue weighted by atomic mass is 79.9. The Labute approximate surface area is 137 Å². The lowest BCUT2D eigenvalue weighted by molar-refractivity contribution is 0.0753. The zero-order chi connectivity index (χ0) is 14.4. The Balaban J connectivity index is 1.82. The van der Waals surface area contributed by atoms with Crippen LogP contribution in [0, 0.1) is 5.92 Å². The minimum absolute atomic E-state index is 0.361. The maximum Gasteiger partial charge on any atom is 0.111 e. The molecule has 0 spiro atoms. The number of alkyl halides is 1. The van der Waals surface area contributed by atoms with Crippen molar-refractivity contribution in [2.45, 2.75) is 37.8 Å². The molecule has 0 N–H and O–H groups in total. The molecule has 5 heteroatoms. The number of hydrogen-bond acceptors (Lipinski definition) is 2. The van der Waals surface area contributed by atoms with Crippen LogP contribution < -0.4 is 0 Å². The largest absolute Gasteiger partial charge is 0.376 e. The van der Waals surface area contributed by atoms with Gasteiger partial charge in [-0.3, -0.25) is 0 Å². The van der Waals surface area contributed by atoms with Crippen LogP contribution in [0.5, 0.6) is 0 Å². The van der Waals surface area contributed by atoms with Crippen molar-refractivity contribution in [1.29, 1.82) is 0 Å². The van der Waals surface area contributed by atoms with Gasteiger partial charge in [0.25, 0.3) is 0 Å². The molecule has 0 radical (unpaired) electrons. The van der Waals surface area contributed by atoms with Crippen molar-refractivity contribution < 1.29 is 4.74 Å². The molecule has 0 amide bonds. The first kappa shape index (κ1) is 14.0. The third-order valence-electron chi connectivity index (χ3n) is 4.56. The average molecular weight is 370 g/mol. The van der Waals surface area contributed by atoms with E-state index in [1.807, 2.05) is 0 Å². The maximum atomic E-state index is 6.03. The number of halogens is 2. The number of aromatic nitrogens is 2. The molecule has 1 aromatic carbocycles. The third-order valence-corrected chi connectivity index (χ3v) is 5.25. The molecule has 2 heterocycles. The van der Waals surface area contributed by atoms with Crippen molar-refractivity contribution in [3.63, 3.8) is 0 Å². The van der Waals surface area contributed by atoms with E-state index < -0.39 is 0 Å². The zero-order valence-electron chi connectivity index (χ0n) is 11.8. The summed E-state index contributed by atoms with van der Waals surface area (Å²) in [6.07, 6.45) is 4.87. The van der Waals surface area contributed by atoms with Gasteiger partial charge in [0.2, 0.25) is 0 Å². The smallest absolute Gasteiger partial charge is 0.111 e. The predicted molar refractivity (Wildman–Crippen MR) is 88.0 cm³/mol. The minimum atomic E-state index is 0.361. The second kappa shape index (κ2) is 5.56. The fourth-order valence-electron chi connectivity index (χ4n) is 3.50. The summed E-state index contributed by atoms with van der Waals surface area (Å²) < 4.78 is 9.50. The third kappa shape index (κ3) is 2.51. The van der Waals surface area contributed by atoms with Gasteiger partial charge in [-0.1, -0.05) is 15.9 Å². The fourth-order valence-corrected chi connectivity index (χ4v) is 4.02. The molecule has 1 aliphatic heterocycles. The molecular formula is C16H18BrClN2O. The molecule has 2 fully saturated rings. The zero-order valence-corrected chi connectivity index (χ0v) is 14.1. The van der Waals surface area contributed by atoms with Gasteiger partial charge in [0, 0.05) is 23.4 Å². The number of imidazole rings is 1. The number of aryl methyl sites for hydroxylation is 1. The van der Waals surface area contributed by atoms with Crippen LogP contribution in [0.1, 0.15) is 31.1 Å². The van der Waals surface area contributed by atoms with E-state index in [0.717, 1.165) is 41.2 Å². The Hall–Kier alpha value is -0.580. The molecular weight excluding hydrogens is 352 g/mol. The highest BCUT2D eigenvalue weighted by molar-refractivity contribution is 9.10. The Morgan fingerprint density at radius 2 is 2.19 bits per heavy atom. The SMILES string of the molecule is ClCCc1nc2cc(Br)ccc2n1C1CCOC1C1CC1. The highest BCUT2D eigenvalue weighted by Gasteiger charge is 2.42. The molecule has 2 atom stereocenters. The molecule has 1 aromatic heterocycles. The van der Waals surface area contributed by atoms with E-state index in [1.54, 1.807) is 0 Å². The van der Waals surface area contributed by atoms with Crippen molar-refractivity contribution in [2.24, 2.45) is 5.92 Å². The van der Waals surface area contributed by atoms with Crippen molar-refractivity contribution in [3.8, 4) is 0 Å².